The lowest BCUT2D eigenvalue weighted by Crippen LogP contribution is -2.80. The van der Waals surface area contributed by atoms with Gasteiger partial charge >= 0.3 is 0 Å². The average Bonchev–Trinajstić information content (AvgIpc) is 2.94. The van der Waals surface area contributed by atoms with Gasteiger partial charge < -0.3 is 29.5 Å². The maximum absolute atomic E-state index is 13.8. The zero-order valence-electron chi connectivity index (χ0n) is 22.6. The van der Waals surface area contributed by atoms with E-state index >= 15 is 0 Å². The Morgan fingerprint density at radius 2 is 1.82 bits per heavy atom. The number of fused-ring (bicyclic) bond motifs is 1. The minimum Gasteiger partial charge on any atom is -0.495 e. The molecule has 0 unspecified atom stereocenters. The Bertz CT molecular complexity index is 1440. The zero-order valence-corrected chi connectivity index (χ0v) is 24.2. The number of aryl methyl sites for hydroxylation is 1. The Hall–Kier alpha value is -2.95. The number of benzene rings is 1. The van der Waals surface area contributed by atoms with Crippen molar-refractivity contribution in [1.29, 1.82) is 5.41 Å². The van der Waals surface area contributed by atoms with Crippen LogP contribution in [-0.2, 0) is 11.3 Å². The molecule has 9 nitrogen and oxygen atoms in total. The number of nitrogens with zero attached hydrogens (tertiary/aromatic N) is 3. The van der Waals surface area contributed by atoms with Crippen LogP contribution in [0, 0.1) is 5.41 Å². The van der Waals surface area contributed by atoms with Gasteiger partial charge in [-0.1, -0.05) is 23.2 Å². The van der Waals surface area contributed by atoms with E-state index < -0.39 is 0 Å². The molecule has 4 rings (SSSR count). The number of allylic oxidation sites excluding steroid dienone is 1. The number of aromatic nitrogens is 2. The van der Waals surface area contributed by atoms with E-state index in [9.17, 15) is 4.79 Å². The highest BCUT2D eigenvalue weighted by Gasteiger charge is 2.23. The number of nitrogens with two attached hydrogens (primary N) is 1. The molecular weight excluding hydrogens is 541 g/mol. The molecular formula is C28H34Cl2N5O4+. The highest BCUT2D eigenvalue weighted by atomic mass is 35.5. The Morgan fingerprint density at radius 1 is 1.15 bits per heavy atom. The summed E-state index contributed by atoms with van der Waals surface area (Å²) in [7, 11) is 2.98. The summed E-state index contributed by atoms with van der Waals surface area (Å²) < 4.78 is 17.9. The van der Waals surface area contributed by atoms with Gasteiger partial charge in [-0.3, -0.25) is 14.7 Å². The molecule has 0 bridgehead atoms. The largest absolute Gasteiger partial charge is 0.495 e. The number of pyridine rings is 2. The van der Waals surface area contributed by atoms with E-state index in [-0.39, 0.29) is 15.6 Å². The van der Waals surface area contributed by atoms with Crippen LogP contribution in [0.15, 0.2) is 35.4 Å². The summed E-state index contributed by atoms with van der Waals surface area (Å²) in [4.78, 5) is 20.8. The second-order valence-corrected chi connectivity index (χ2v) is 9.96. The molecule has 1 aliphatic rings. The van der Waals surface area contributed by atoms with Crippen LogP contribution in [0.4, 0.5) is 0 Å². The van der Waals surface area contributed by atoms with Crippen molar-refractivity contribution in [3.63, 3.8) is 0 Å². The van der Waals surface area contributed by atoms with Crippen LogP contribution in [0.25, 0.3) is 27.6 Å². The molecule has 11 heteroatoms. The van der Waals surface area contributed by atoms with E-state index in [1.165, 1.54) is 14.2 Å². The Balaban J connectivity index is 1.74. The molecule has 0 radical (unpaired) electrons. The van der Waals surface area contributed by atoms with Crippen molar-refractivity contribution in [1.82, 2.24) is 14.5 Å². The van der Waals surface area contributed by atoms with Crippen LogP contribution in [0.3, 0.4) is 0 Å². The maximum Gasteiger partial charge on any atom is 0.259 e. The number of morpholine rings is 1. The third kappa shape index (κ3) is 6.13. The summed E-state index contributed by atoms with van der Waals surface area (Å²) in [5, 5.41) is 11.6. The third-order valence-electron chi connectivity index (χ3n) is 6.82. The van der Waals surface area contributed by atoms with Gasteiger partial charge in [0.15, 0.2) is 0 Å². The SMILES string of the molecule is CCn1c(=O)c(-c2c(Cl)c(OC)cc(OC)c2Cl)cc2cnc(C(=C[NH2+]CCN3CCOCC3)C(C)=N)cc21. The van der Waals surface area contributed by atoms with Crippen LogP contribution >= 0.6 is 23.2 Å². The summed E-state index contributed by atoms with van der Waals surface area (Å²) in [6, 6.07) is 5.19. The molecule has 208 valence electrons. The molecule has 1 saturated heterocycles. The van der Waals surface area contributed by atoms with E-state index in [1.807, 2.05) is 19.2 Å². The first-order valence-electron chi connectivity index (χ1n) is 12.8. The average molecular weight is 576 g/mol. The van der Waals surface area contributed by atoms with Crippen molar-refractivity contribution in [2.75, 3.05) is 53.6 Å². The number of hydrogen-bond donors (Lipinski definition) is 2. The first kappa shape index (κ1) is 29.0. The van der Waals surface area contributed by atoms with Gasteiger partial charge in [-0.15, -0.1) is 0 Å². The topological polar surface area (TPSA) is 106 Å². The summed E-state index contributed by atoms with van der Waals surface area (Å²) in [6.45, 7) is 9.27. The fraction of sp³-hybridized carbons (Fsp3) is 0.393. The van der Waals surface area contributed by atoms with Crippen molar-refractivity contribution in [2.45, 2.75) is 20.4 Å². The smallest absolute Gasteiger partial charge is 0.259 e. The summed E-state index contributed by atoms with van der Waals surface area (Å²) in [5.74, 6) is 0.704. The van der Waals surface area contributed by atoms with E-state index in [2.05, 4.69) is 15.2 Å². The Labute approximate surface area is 237 Å². The lowest BCUT2D eigenvalue weighted by atomic mass is 10.0. The summed E-state index contributed by atoms with van der Waals surface area (Å²) in [6.07, 6.45) is 3.66. The Kier molecular flexibility index (Phi) is 9.63. The summed E-state index contributed by atoms with van der Waals surface area (Å²) in [5.41, 5.74) is 2.86. The minimum absolute atomic E-state index is 0.226. The number of hydrogen-bond acceptors (Lipinski definition) is 7. The third-order valence-corrected chi connectivity index (χ3v) is 7.57. The van der Waals surface area contributed by atoms with Gasteiger partial charge in [-0.25, -0.2) is 0 Å². The number of rotatable bonds is 10. The lowest BCUT2D eigenvalue weighted by molar-refractivity contribution is -0.586. The molecule has 1 aromatic carbocycles. The number of quaternary nitrogens is 1. The summed E-state index contributed by atoms with van der Waals surface area (Å²) >= 11 is 13.3. The van der Waals surface area contributed by atoms with Crippen LogP contribution < -0.4 is 20.3 Å². The molecule has 0 atom stereocenters. The fourth-order valence-electron chi connectivity index (χ4n) is 4.72. The standard InChI is InChI=1S/C28H33Cl2N5O4/c1-5-35-22-13-21(20(17(2)31)16-32-6-7-34-8-10-39-11-9-34)33-15-18(22)12-19(28(35)36)25-26(29)23(37-3)14-24(38-4)27(25)30/h12-16,31-32H,5-11H2,1-4H3/p+1. The van der Waals surface area contributed by atoms with Gasteiger partial charge in [0, 0.05) is 55.1 Å². The molecule has 0 amide bonds. The molecule has 0 saturated carbocycles. The molecule has 3 aromatic rings. The molecule has 3 N–H and O–H groups in total. The molecule has 2 aromatic heterocycles. The highest BCUT2D eigenvalue weighted by molar-refractivity contribution is 6.41. The van der Waals surface area contributed by atoms with Gasteiger partial charge in [0.05, 0.1) is 66.4 Å². The van der Waals surface area contributed by atoms with Crippen molar-refractivity contribution < 1.29 is 19.5 Å². The number of halogens is 2. The zero-order chi connectivity index (χ0) is 28.1. The van der Waals surface area contributed by atoms with Gasteiger partial charge in [0.25, 0.3) is 5.56 Å². The molecule has 0 aliphatic carbocycles. The van der Waals surface area contributed by atoms with Gasteiger partial charge in [-0.05, 0) is 26.0 Å². The number of ether oxygens (including phenoxy) is 3. The predicted octanol–water partition coefficient (Wildman–Crippen LogP) is 3.68. The minimum atomic E-state index is -0.254. The first-order valence-corrected chi connectivity index (χ1v) is 13.6. The molecule has 0 spiro atoms. The molecule has 3 heterocycles. The predicted molar refractivity (Wildman–Crippen MR) is 156 cm³/mol. The van der Waals surface area contributed by atoms with Crippen molar-refractivity contribution in [3.05, 3.63) is 56.7 Å². The fourth-order valence-corrected chi connectivity index (χ4v) is 5.42. The Morgan fingerprint density at radius 3 is 2.41 bits per heavy atom. The molecule has 1 aliphatic heterocycles. The molecule has 39 heavy (non-hydrogen) atoms. The monoisotopic (exact) mass is 574 g/mol. The van der Waals surface area contributed by atoms with Crippen LogP contribution in [0.2, 0.25) is 10.0 Å². The van der Waals surface area contributed by atoms with Crippen molar-refractivity contribution >= 4 is 45.4 Å². The van der Waals surface area contributed by atoms with Gasteiger partial charge in [0.2, 0.25) is 0 Å². The first-order chi connectivity index (χ1) is 18.8. The van der Waals surface area contributed by atoms with E-state index in [1.54, 1.807) is 29.8 Å². The van der Waals surface area contributed by atoms with Crippen molar-refractivity contribution in [3.8, 4) is 22.6 Å². The lowest BCUT2D eigenvalue weighted by Gasteiger charge is -2.25. The van der Waals surface area contributed by atoms with Crippen LogP contribution in [0.5, 0.6) is 11.5 Å². The quantitative estimate of drug-likeness (QED) is 0.282. The van der Waals surface area contributed by atoms with Crippen molar-refractivity contribution in [2.24, 2.45) is 0 Å². The normalized spacial score (nSPS) is 14.6. The van der Waals surface area contributed by atoms with E-state index in [0.29, 0.717) is 51.7 Å². The highest BCUT2D eigenvalue weighted by Crippen LogP contribution is 2.45. The second kappa shape index (κ2) is 12.9. The maximum atomic E-state index is 13.8. The van der Waals surface area contributed by atoms with Crippen LogP contribution in [0.1, 0.15) is 19.5 Å². The molecule has 1 fully saturated rings. The van der Waals surface area contributed by atoms with E-state index in [0.717, 1.165) is 44.8 Å². The van der Waals surface area contributed by atoms with Gasteiger partial charge in [0.1, 0.15) is 17.7 Å². The van der Waals surface area contributed by atoms with Gasteiger partial charge in [-0.2, -0.15) is 0 Å². The van der Waals surface area contributed by atoms with Crippen LogP contribution in [-0.4, -0.2) is 73.8 Å². The number of methoxy groups -OCH3 is 2. The number of nitrogens with one attached hydrogen (secondary N) is 1. The second-order valence-electron chi connectivity index (χ2n) is 9.20. The van der Waals surface area contributed by atoms with E-state index in [4.69, 9.17) is 42.8 Å².